The molecule has 0 amide bonds. The van der Waals surface area contributed by atoms with Crippen molar-refractivity contribution >= 4 is 11.4 Å². The van der Waals surface area contributed by atoms with Gasteiger partial charge in [0, 0.05) is 0 Å². The van der Waals surface area contributed by atoms with Crippen molar-refractivity contribution in [3.63, 3.8) is 0 Å². The van der Waals surface area contributed by atoms with Crippen LogP contribution in [0.5, 0.6) is 0 Å². The van der Waals surface area contributed by atoms with Crippen LogP contribution in [0.15, 0.2) is 12.1 Å². The summed E-state index contributed by atoms with van der Waals surface area (Å²) in [6.45, 7) is 0. The van der Waals surface area contributed by atoms with E-state index < -0.39 is 53.9 Å². The molecule has 0 aromatic heterocycles. The first-order chi connectivity index (χ1) is 11.5. The molecule has 0 saturated carbocycles. The van der Waals surface area contributed by atoms with Crippen LogP contribution in [0.4, 0.5) is 61.5 Å². The molecule has 2 unspecified atom stereocenters. The molecule has 0 rings (SSSR count). The van der Waals surface area contributed by atoms with Crippen molar-refractivity contribution in [2.75, 3.05) is 0 Å². The van der Waals surface area contributed by atoms with Gasteiger partial charge in [-0.2, -0.15) is 61.5 Å². The molecule has 20 heteroatoms. The van der Waals surface area contributed by atoms with Gasteiger partial charge >= 0.3 is 42.5 Å². The molecule has 27 heavy (non-hydrogen) atoms. The molecule has 0 aliphatic carbocycles. The van der Waals surface area contributed by atoms with Crippen molar-refractivity contribution in [3.8, 4) is 0 Å². The Morgan fingerprint density at radius 3 is 1.33 bits per heavy atom. The monoisotopic (exact) mass is 463 g/mol. The first-order valence-electron chi connectivity index (χ1n) is 4.98. The Hall–Kier alpha value is -1.41. The zero-order chi connectivity index (χ0) is 22.6. The predicted octanol–water partition coefficient (Wildman–Crippen LogP) is 4.37. The van der Waals surface area contributed by atoms with E-state index in [0.29, 0.717) is 0 Å². The van der Waals surface area contributed by atoms with Gasteiger partial charge in [-0.15, -0.1) is 0 Å². The topological polar surface area (TPSA) is 78.8 Å². The number of hydrogen-bond acceptors (Lipinski definition) is 4. The lowest BCUT2D eigenvalue weighted by Crippen LogP contribution is -2.62. The molecule has 0 bridgehead atoms. The number of rotatable bonds is 5. The van der Waals surface area contributed by atoms with Crippen molar-refractivity contribution in [1.29, 1.82) is 0 Å². The van der Waals surface area contributed by atoms with E-state index >= 15 is 0 Å². The lowest BCUT2D eigenvalue weighted by molar-refractivity contribution is -0.526. The van der Waals surface area contributed by atoms with E-state index in [0.717, 1.165) is 0 Å². The average Bonchev–Trinajstić information content (AvgIpc) is 2.33. The lowest BCUT2D eigenvalue weighted by atomic mass is 10.2. The number of hydrogen-bond donors (Lipinski definition) is 1. The Bertz CT molecular complexity index is 547. The molecule has 0 fully saturated rings. The fraction of sp³-hybridized carbons (Fsp3) is 0.714. The van der Waals surface area contributed by atoms with Gasteiger partial charge in [-0.25, -0.2) is 4.21 Å². The maximum absolute atomic E-state index is 13.1. The molecule has 5 nitrogen and oxygen atoms in total. The minimum Gasteiger partial charge on any atom is -0.750 e. The predicted molar refractivity (Wildman–Crippen MR) is 49.9 cm³/mol. The van der Waals surface area contributed by atoms with Gasteiger partial charge < -0.3 is 13.8 Å². The molecule has 2 atom stereocenters. The molecule has 0 aromatic rings. The van der Waals surface area contributed by atoms with Crippen molar-refractivity contribution in [3.05, 3.63) is 12.1 Å². The van der Waals surface area contributed by atoms with Crippen molar-refractivity contribution in [2.45, 2.75) is 30.4 Å². The molecular weight excluding hydrogens is 462 g/mol. The van der Waals surface area contributed by atoms with Gasteiger partial charge in [0.15, 0.2) is 0 Å². The van der Waals surface area contributed by atoms with Crippen LogP contribution < -0.4 is 0 Å². The molecule has 0 aromatic carbocycles. The summed E-state index contributed by atoms with van der Waals surface area (Å²) in [5.74, 6) is -7.34. The van der Waals surface area contributed by atoms with E-state index in [1.165, 1.54) is 4.74 Å². The van der Waals surface area contributed by atoms with E-state index in [4.69, 9.17) is 13.3 Å². The number of ether oxygens (including phenoxy) is 2. The average molecular weight is 463 g/mol. The van der Waals surface area contributed by atoms with Gasteiger partial charge in [0.05, 0.1) is 11.4 Å². The Morgan fingerprint density at radius 2 is 1.11 bits per heavy atom. The highest BCUT2D eigenvalue weighted by Crippen LogP contribution is 2.52. The van der Waals surface area contributed by atoms with E-state index in [1.807, 2.05) is 4.74 Å². The normalized spacial score (nSPS) is 16.6. The van der Waals surface area contributed by atoms with Crippen LogP contribution in [0.25, 0.3) is 0 Å². The van der Waals surface area contributed by atoms with Crippen LogP contribution in [-0.4, -0.2) is 43.7 Å². The van der Waals surface area contributed by atoms with E-state index in [9.17, 15) is 61.5 Å². The van der Waals surface area contributed by atoms with Gasteiger partial charge in [-0.3, -0.25) is 4.74 Å². The fourth-order valence-corrected chi connectivity index (χ4v) is 0.734. The third-order valence-corrected chi connectivity index (χ3v) is 1.70. The highest BCUT2D eigenvalue weighted by Gasteiger charge is 2.81. The SMILES string of the molecule is FC(F)=C(F)OC(F)(F)C(F)(OC(F)(F)C(F)(F)F)C(F)(F)F.O=S([O-])O. The van der Waals surface area contributed by atoms with Gasteiger partial charge in [-0.05, 0) is 0 Å². The molecule has 0 saturated heterocycles. The second-order valence-electron chi connectivity index (χ2n) is 3.58. The zero-order valence-electron chi connectivity index (χ0n) is 11.3. The molecule has 0 aliphatic rings. The molecule has 0 radical (unpaired) electrons. The molecule has 0 heterocycles. The van der Waals surface area contributed by atoms with Crippen LogP contribution >= 0.6 is 0 Å². The summed E-state index contributed by atoms with van der Waals surface area (Å²) in [5.41, 5.74) is 0. The van der Waals surface area contributed by atoms with E-state index in [1.54, 1.807) is 0 Å². The number of halogens is 14. The second-order valence-corrected chi connectivity index (χ2v) is 4.01. The van der Waals surface area contributed by atoms with Crippen LogP contribution in [-0.2, 0) is 20.8 Å². The molecule has 0 aliphatic heterocycles. The van der Waals surface area contributed by atoms with E-state index in [-0.39, 0.29) is 0 Å². The third kappa shape index (κ3) is 7.62. The summed E-state index contributed by atoms with van der Waals surface area (Å²) >= 11 is -2.86. The van der Waals surface area contributed by atoms with Gasteiger partial charge in [0.1, 0.15) is 0 Å². The van der Waals surface area contributed by atoms with Crippen molar-refractivity contribution in [2.24, 2.45) is 0 Å². The molecule has 1 N–H and O–H groups in total. The summed E-state index contributed by atoms with van der Waals surface area (Å²) in [6.07, 6.45) is -32.7. The molecule has 164 valence electrons. The standard InChI is InChI=1S/C7F14O2.H2O3S/c8-1(9)2(10)22-6(18,19)3(11,4(12,13)14)23-7(20,21)5(15,16)17;1-4(2)3/h;(H2,1,2,3)/p-1. The first kappa shape index (κ1) is 27.8. The summed E-state index contributed by atoms with van der Waals surface area (Å²) in [5, 5.41) is 0. The Balaban J connectivity index is 0. The summed E-state index contributed by atoms with van der Waals surface area (Å²) in [4.78, 5) is 0. The number of alkyl halides is 11. The van der Waals surface area contributed by atoms with Crippen molar-refractivity contribution < 1.29 is 84.3 Å². The summed E-state index contributed by atoms with van der Waals surface area (Å²) in [7, 11) is 0. The van der Waals surface area contributed by atoms with Crippen LogP contribution in [0, 0.1) is 0 Å². The van der Waals surface area contributed by atoms with Gasteiger partial charge in [0.2, 0.25) is 0 Å². The molecular formula is C7HF14O5S-. The Labute approximate surface area is 139 Å². The second kappa shape index (κ2) is 8.73. The Kier molecular flexibility index (Phi) is 8.99. The minimum absolute atomic E-state index is 1.44. The lowest BCUT2D eigenvalue weighted by Gasteiger charge is -2.35. The summed E-state index contributed by atoms with van der Waals surface area (Å²) < 4.78 is 197. The maximum atomic E-state index is 13.1. The van der Waals surface area contributed by atoms with Crippen LogP contribution in [0.1, 0.15) is 0 Å². The van der Waals surface area contributed by atoms with Crippen LogP contribution in [0.2, 0.25) is 0 Å². The first-order valence-corrected chi connectivity index (χ1v) is 6.01. The van der Waals surface area contributed by atoms with E-state index in [2.05, 4.69) is 0 Å². The quantitative estimate of drug-likeness (QED) is 0.373. The Morgan fingerprint density at radius 1 is 0.778 bits per heavy atom. The smallest absolute Gasteiger partial charge is 0.483 e. The van der Waals surface area contributed by atoms with Gasteiger partial charge in [-0.1, -0.05) is 0 Å². The largest absolute Gasteiger partial charge is 0.750 e. The highest BCUT2D eigenvalue weighted by molar-refractivity contribution is 7.73. The van der Waals surface area contributed by atoms with Gasteiger partial charge in [0.25, 0.3) is 0 Å². The third-order valence-electron chi connectivity index (χ3n) is 1.70. The molecule has 0 spiro atoms. The minimum atomic E-state index is -7.39. The maximum Gasteiger partial charge on any atom is 0.483 e. The summed E-state index contributed by atoms with van der Waals surface area (Å²) in [6, 6.07) is -3.87. The van der Waals surface area contributed by atoms with Crippen LogP contribution in [0.3, 0.4) is 0 Å². The zero-order valence-corrected chi connectivity index (χ0v) is 12.1. The van der Waals surface area contributed by atoms with Crippen molar-refractivity contribution in [1.82, 2.24) is 0 Å². The highest BCUT2D eigenvalue weighted by atomic mass is 32.2. The fourth-order valence-electron chi connectivity index (χ4n) is 0.734.